The summed E-state index contributed by atoms with van der Waals surface area (Å²) in [6, 6.07) is 7.49. The Kier molecular flexibility index (Phi) is 3.55. The van der Waals surface area contributed by atoms with Crippen LogP contribution in [0.3, 0.4) is 0 Å². The Balaban J connectivity index is 1.73. The van der Waals surface area contributed by atoms with E-state index in [1.54, 1.807) is 0 Å². The van der Waals surface area contributed by atoms with E-state index in [2.05, 4.69) is 20.5 Å². The molecule has 1 heterocycles. The number of hydrogen-bond donors (Lipinski definition) is 3. The van der Waals surface area contributed by atoms with Gasteiger partial charge in [0.05, 0.1) is 12.0 Å². The number of carbonyl (C=O) groups excluding carboxylic acids is 1. The van der Waals surface area contributed by atoms with Crippen molar-refractivity contribution in [2.45, 2.75) is 31.2 Å². The lowest BCUT2D eigenvalue weighted by Crippen LogP contribution is -2.49. The van der Waals surface area contributed by atoms with Crippen molar-refractivity contribution in [1.82, 2.24) is 20.5 Å². The molecule has 7 heteroatoms. The molecule has 1 saturated carbocycles. The second-order valence-electron chi connectivity index (χ2n) is 5.27. The maximum absolute atomic E-state index is 12.6. The van der Waals surface area contributed by atoms with Crippen LogP contribution in [0.25, 0.3) is 0 Å². The van der Waals surface area contributed by atoms with E-state index in [1.165, 1.54) is 0 Å². The van der Waals surface area contributed by atoms with E-state index in [4.69, 9.17) is 17.3 Å². The first-order chi connectivity index (χ1) is 10.1. The summed E-state index contributed by atoms with van der Waals surface area (Å²) in [6.07, 6.45) is 2.74. The van der Waals surface area contributed by atoms with E-state index in [0.29, 0.717) is 17.4 Å². The highest BCUT2D eigenvalue weighted by molar-refractivity contribution is 6.30. The van der Waals surface area contributed by atoms with Gasteiger partial charge in [0.25, 0.3) is 0 Å². The molecule has 6 nitrogen and oxygen atoms in total. The number of nitrogens with one attached hydrogen (secondary N) is 2. The van der Waals surface area contributed by atoms with Crippen LogP contribution in [-0.4, -0.2) is 21.1 Å². The van der Waals surface area contributed by atoms with Crippen LogP contribution < -0.4 is 11.1 Å². The summed E-state index contributed by atoms with van der Waals surface area (Å²) < 4.78 is 0. The Bertz CT molecular complexity index is 648. The topological polar surface area (TPSA) is 96.7 Å². The van der Waals surface area contributed by atoms with Crippen LogP contribution in [0.5, 0.6) is 0 Å². The summed E-state index contributed by atoms with van der Waals surface area (Å²) in [6.45, 7) is 0.290. The third-order valence-corrected chi connectivity index (χ3v) is 4.26. The van der Waals surface area contributed by atoms with Crippen molar-refractivity contribution in [1.29, 1.82) is 0 Å². The largest absolute Gasteiger partial charge is 0.367 e. The molecule has 0 spiro atoms. The highest BCUT2D eigenvalue weighted by atomic mass is 35.5. The zero-order valence-electron chi connectivity index (χ0n) is 11.4. The molecule has 0 aliphatic heterocycles. The number of anilines is 1. The second kappa shape index (κ2) is 5.37. The standard InChI is InChI=1S/C14H16ClN5O/c15-10-4-2-9(3-5-10)14(6-1-7-14)12(21)17-8-11-18-13(16)20-19-11/h2-5H,1,6-8H2,(H,17,21)(H3,16,18,19,20). The molecule has 1 aliphatic carbocycles. The molecule has 1 aromatic carbocycles. The molecule has 110 valence electrons. The van der Waals surface area contributed by atoms with Crippen molar-refractivity contribution < 1.29 is 4.79 Å². The molecule has 21 heavy (non-hydrogen) atoms. The van der Waals surface area contributed by atoms with E-state index in [-0.39, 0.29) is 11.9 Å². The Morgan fingerprint density at radius 2 is 2.10 bits per heavy atom. The molecule has 0 saturated heterocycles. The Hall–Kier alpha value is -2.08. The third kappa shape index (κ3) is 2.58. The van der Waals surface area contributed by atoms with Crippen molar-refractivity contribution in [3.63, 3.8) is 0 Å². The molecule has 1 aromatic heterocycles. The number of benzene rings is 1. The van der Waals surface area contributed by atoms with E-state index >= 15 is 0 Å². The Labute approximate surface area is 127 Å². The van der Waals surface area contributed by atoms with Crippen molar-refractivity contribution in [2.24, 2.45) is 0 Å². The highest BCUT2D eigenvalue weighted by Crippen LogP contribution is 2.44. The highest BCUT2D eigenvalue weighted by Gasteiger charge is 2.45. The first kappa shape index (κ1) is 13.9. The van der Waals surface area contributed by atoms with E-state index in [9.17, 15) is 4.79 Å². The SMILES string of the molecule is Nc1n[nH]c(CNC(=O)C2(c3ccc(Cl)cc3)CCC2)n1. The zero-order valence-corrected chi connectivity index (χ0v) is 12.2. The average Bonchev–Trinajstić information content (AvgIpc) is 2.83. The number of aromatic amines is 1. The van der Waals surface area contributed by atoms with Gasteiger partial charge in [-0.25, -0.2) is 0 Å². The molecular weight excluding hydrogens is 290 g/mol. The monoisotopic (exact) mass is 305 g/mol. The summed E-state index contributed by atoms with van der Waals surface area (Å²) in [5.74, 6) is 0.729. The molecule has 0 atom stereocenters. The van der Waals surface area contributed by atoms with Crippen LogP contribution in [0, 0.1) is 0 Å². The Morgan fingerprint density at radius 3 is 2.62 bits per heavy atom. The molecule has 0 bridgehead atoms. The van der Waals surface area contributed by atoms with Gasteiger partial charge < -0.3 is 11.1 Å². The molecule has 1 amide bonds. The van der Waals surface area contributed by atoms with Gasteiger partial charge in [-0.15, -0.1) is 5.10 Å². The summed E-state index contributed by atoms with van der Waals surface area (Å²) in [4.78, 5) is 16.5. The predicted octanol–water partition coefficient (Wildman–Crippen LogP) is 1.78. The van der Waals surface area contributed by atoms with Gasteiger partial charge in [0.2, 0.25) is 11.9 Å². The molecule has 4 N–H and O–H groups in total. The lowest BCUT2D eigenvalue weighted by atomic mass is 9.64. The number of hydrogen-bond acceptors (Lipinski definition) is 4. The molecule has 0 radical (unpaired) electrons. The number of H-pyrrole nitrogens is 1. The first-order valence-electron chi connectivity index (χ1n) is 6.81. The van der Waals surface area contributed by atoms with E-state index in [1.807, 2.05) is 24.3 Å². The fourth-order valence-electron chi connectivity index (χ4n) is 2.67. The molecule has 2 aromatic rings. The smallest absolute Gasteiger partial charge is 0.239 e. The van der Waals surface area contributed by atoms with Crippen molar-refractivity contribution in [3.05, 3.63) is 40.7 Å². The minimum absolute atomic E-state index is 0.00560. The normalized spacial score (nSPS) is 16.2. The lowest BCUT2D eigenvalue weighted by Gasteiger charge is -2.40. The van der Waals surface area contributed by atoms with E-state index < -0.39 is 5.41 Å². The fourth-order valence-corrected chi connectivity index (χ4v) is 2.79. The number of rotatable bonds is 4. The molecule has 1 fully saturated rings. The minimum Gasteiger partial charge on any atom is -0.367 e. The van der Waals surface area contributed by atoms with Crippen LogP contribution in [0.4, 0.5) is 5.95 Å². The van der Waals surface area contributed by atoms with Gasteiger partial charge in [-0.05, 0) is 30.5 Å². The van der Waals surface area contributed by atoms with Crippen molar-refractivity contribution in [2.75, 3.05) is 5.73 Å². The Morgan fingerprint density at radius 1 is 1.38 bits per heavy atom. The van der Waals surface area contributed by atoms with Crippen LogP contribution >= 0.6 is 11.6 Å². The maximum Gasteiger partial charge on any atom is 0.239 e. The minimum atomic E-state index is -0.448. The summed E-state index contributed by atoms with van der Waals surface area (Å²) in [7, 11) is 0. The van der Waals surface area contributed by atoms with Gasteiger partial charge in [-0.2, -0.15) is 4.98 Å². The number of amides is 1. The summed E-state index contributed by atoms with van der Waals surface area (Å²) in [5, 5.41) is 9.99. The number of carbonyl (C=O) groups is 1. The first-order valence-corrected chi connectivity index (χ1v) is 7.19. The van der Waals surface area contributed by atoms with Crippen molar-refractivity contribution in [3.8, 4) is 0 Å². The van der Waals surface area contributed by atoms with Gasteiger partial charge in [0.1, 0.15) is 5.82 Å². The molecule has 0 unspecified atom stereocenters. The number of nitrogens with two attached hydrogens (primary N) is 1. The summed E-state index contributed by atoms with van der Waals surface area (Å²) in [5.41, 5.74) is 5.99. The van der Waals surface area contributed by atoms with Crippen LogP contribution in [0.2, 0.25) is 5.02 Å². The van der Waals surface area contributed by atoms with Crippen LogP contribution in [0.15, 0.2) is 24.3 Å². The summed E-state index contributed by atoms with van der Waals surface area (Å²) >= 11 is 5.91. The lowest BCUT2D eigenvalue weighted by molar-refractivity contribution is -0.130. The van der Waals surface area contributed by atoms with E-state index in [0.717, 1.165) is 24.8 Å². The fraction of sp³-hybridized carbons (Fsp3) is 0.357. The van der Waals surface area contributed by atoms with Gasteiger partial charge in [-0.3, -0.25) is 9.89 Å². The number of halogens is 1. The number of nitrogens with zero attached hydrogens (tertiary/aromatic N) is 2. The van der Waals surface area contributed by atoms with Crippen molar-refractivity contribution >= 4 is 23.5 Å². The van der Waals surface area contributed by atoms with Crippen LogP contribution in [0.1, 0.15) is 30.7 Å². The molecule has 3 rings (SSSR count). The zero-order chi connectivity index (χ0) is 14.9. The maximum atomic E-state index is 12.6. The predicted molar refractivity (Wildman–Crippen MR) is 79.6 cm³/mol. The number of nitrogen functional groups attached to an aromatic ring is 1. The second-order valence-corrected chi connectivity index (χ2v) is 5.70. The molecule has 1 aliphatic rings. The third-order valence-electron chi connectivity index (χ3n) is 4.00. The molecular formula is C14H16ClN5O. The van der Waals surface area contributed by atoms with Gasteiger partial charge >= 0.3 is 0 Å². The average molecular weight is 306 g/mol. The van der Waals surface area contributed by atoms with Gasteiger partial charge in [0, 0.05) is 5.02 Å². The quantitative estimate of drug-likeness (QED) is 0.802. The van der Waals surface area contributed by atoms with Crippen LogP contribution in [-0.2, 0) is 16.8 Å². The van der Waals surface area contributed by atoms with Gasteiger partial charge in [-0.1, -0.05) is 30.2 Å². The van der Waals surface area contributed by atoms with Gasteiger partial charge in [0.15, 0.2) is 0 Å². The number of aromatic nitrogens is 3.